The topological polar surface area (TPSA) is 28.7 Å². The van der Waals surface area contributed by atoms with Gasteiger partial charge in [-0.25, -0.2) is 4.39 Å². The van der Waals surface area contributed by atoms with Gasteiger partial charge in [-0.05, 0) is 12.1 Å². The third-order valence-electron chi connectivity index (χ3n) is 1.74. The first-order chi connectivity index (χ1) is 6.29. The predicted molar refractivity (Wildman–Crippen MR) is 49.0 cm³/mol. The summed E-state index contributed by atoms with van der Waals surface area (Å²) in [5.41, 5.74) is 0.949. The Bertz CT molecular complexity index is 425. The summed E-state index contributed by atoms with van der Waals surface area (Å²) < 4.78 is 13.2. The average molecular weight is 197 g/mol. The van der Waals surface area contributed by atoms with Crippen molar-refractivity contribution in [2.75, 3.05) is 0 Å². The summed E-state index contributed by atoms with van der Waals surface area (Å²) in [6.45, 7) is 0. The minimum absolute atomic E-state index is 0.311. The number of H-pyrrole nitrogens is 1. The van der Waals surface area contributed by atoms with Crippen molar-refractivity contribution >= 4 is 11.6 Å². The van der Waals surface area contributed by atoms with Crippen molar-refractivity contribution in [1.29, 1.82) is 0 Å². The monoisotopic (exact) mass is 196 g/mol. The second-order valence-electron chi connectivity index (χ2n) is 2.57. The standard InChI is InChI=1S/C9H6ClFN2/c10-7-5-12-13-9(7)6-3-1-2-4-8(6)11/h1-5H,(H,12,13). The number of hydrogen-bond donors (Lipinski definition) is 1. The van der Waals surface area contributed by atoms with Gasteiger partial charge in [0.15, 0.2) is 0 Å². The minimum Gasteiger partial charge on any atom is -0.276 e. The Morgan fingerprint density at radius 1 is 1.31 bits per heavy atom. The highest BCUT2D eigenvalue weighted by molar-refractivity contribution is 6.32. The van der Waals surface area contributed by atoms with Crippen molar-refractivity contribution < 1.29 is 4.39 Å². The molecule has 0 fully saturated rings. The van der Waals surface area contributed by atoms with E-state index in [1.807, 2.05) is 0 Å². The summed E-state index contributed by atoms with van der Waals surface area (Å²) in [6.07, 6.45) is 1.45. The summed E-state index contributed by atoms with van der Waals surface area (Å²) in [6, 6.07) is 6.40. The van der Waals surface area contributed by atoms with Gasteiger partial charge in [0.25, 0.3) is 0 Å². The van der Waals surface area contributed by atoms with Gasteiger partial charge in [-0.15, -0.1) is 0 Å². The molecule has 0 unspecified atom stereocenters. The van der Waals surface area contributed by atoms with Gasteiger partial charge in [-0.1, -0.05) is 23.7 Å². The van der Waals surface area contributed by atoms with Crippen LogP contribution in [0, 0.1) is 5.82 Å². The van der Waals surface area contributed by atoms with E-state index in [0.29, 0.717) is 16.3 Å². The average Bonchev–Trinajstić information content (AvgIpc) is 2.52. The Balaban J connectivity index is 2.59. The van der Waals surface area contributed by atoms with Crippen molar-refractivity contribution in [3.63, 3.8) is 0 Å². The molecular formula is C9H6ClFN2. The molecule has 0 aliphatic heterocycles. The lowest BCUT2D eigenvalue weighted by Crippen LogP contribution is -1.83. The number of aromatic nitrogens is 2. The third-order valence-corrected chi connectivity index (χ3v) is 2.02. The van der Waals surface area contributed by atoms with Crippen molar-refractivity contribution in [2.24, 2.45) is 0 Å². The SMILES string of the molecule is Fc1ccccc1-c1[nH]ncc1Cl. The van der Waals surface area contributed by atoms with Crippen molar-refractivity contribution in [3.8, 4) is 11.3 Å². The molecule has 0 aliphatic carbocycles. The first kappa shape index (κ1) is 8.26. The van der Waals surface area contributed by atoms with Crippen LogP contribution >= 0.6 is 11.6 Å². The highest BCUT2D eigenvalue weighted by atomic mass is 35.5. The number of nitrogens with zero attached hydrogens (tertiary/aromatic N) is 1. The van der Waals surface area contributed by atoms with Crippen LogP contribution in [-0.2, 0) is 0 Å². The van der Waals surface area contributed by atoms with Crippen molar-refractivity contribution in [1.82, 2.24) is 10.2 Å². The fourth-order valence-electron chi connectivity index (χ4n) is 1.12. The number of rotatable bonds is 1. The van der Waals surface area contributed by atoms with Crippen LogP contribution in [0.1, 0.15) is 0 Å². The van der Waals surface area contributed by atoms with Crippen LogP contribution in [0.4, 0.5) is 4.39 Å². The number of aromatic amines is 1. The van der Waals surface area contributed by atoms with Crippen LogP contribution in [0.5, 0.6) is 0 Å². The lowest BCUT2D eigenvalue weighted by molar-refractivity contribution is 0.630. The lowest BCUT2D eigenvalue weighted by Gasteiger charge is -1.99. The Morgan fingerprint density at radius 3 is 2.69 bits per heavy atom. The molecule has 66 valence electrons. The van der Waals surface area contributed by atoms with Gasteiger partial charge in [-0.2, -0.15) is 5.10 Å². The normalized spacial score (nSPS) is 10.3. The zero-order chi connectivity index (χ0) is 9.26. The van der Waals surface area contributed by atoms with E-state index in [1.54, 1.807) is 18.2 Å². The van der Waals surface area contributed by atoms with Crippen molar-refractivity contribution in [2.45, 2.75) is 0 Å². The maximum atomic E-state index is 13.2. The molecule has 0 amide bonds. The fraction of sp³-hybridized carbons (Fsp3) is 0. The Morgan fingerprint density at radius 2 is 2.08 bits per heavy atom. The first-order valence-electron chi connectivity index (χ1n) is 3.73. The smallest absolute Gasteiger partial charge is 0.132 e. The maximum Gasteiger partial charge on any atom is 0.132 e. The molecule has 1 aromatic heterocycles. The number of halogens is 2. The van der Waals surface area contributed by atoms with Crippen LogP contribution in [0.25, 0.3) is 11.3 Å². The van der Waals surface area contributed by atoms with E-state index in [4.69, 9.17) is 11.6 Å². The van der Waals surface area contributed by atoms with Gasteiger partial charge < -0.3 is 0 Å². The molecule has 0 saturated heterocycles. The van der Waals surface area contributed by atoms with E-state index in [2.05, 4.69) is 10.2 Å². The second-order valence-corrected chi connectivity index (χ2v) is 2.98. The van der Waals surface area contributed by atoms with E-state index < -0.39 is 0 Å². The first-order valence-corrected chi connectivity index (χ1v) is 4.10. The molecule has 2 rings (SSSR count). The Labute approximate surface area is 79.4 Å². The van der Waals surface area contributed by atoms with Crippen LogP contribution in [-0.4, -0.2) is 10.2 Å². The molecule has 0 radical (unpaired) electrons. The molecular weight excluding hydrogens is 191 g/mol. The molecule has 0 aliphatic rings. The molecule has 0 bridgehead atoms. The van der Waals surface area contributed by atoms with Gasteiger partial charge in [0.2, 0.25) is 0 Å². The molecule has 0 spiro atoms. The molecule has 1 N–H and O–H groups in total. The zero-order valence-corrected chi connectivity index (χ0v) is 7.35. The molecule has 4 heteroatoms. The molecule has 1 aromatic carbocycles. The molecule has 1 heterocycles. The van der Waals surface area contributed by atoms with E-state index in [-0.39, 0.29) is 5.82 Å². The Hall–Kier alpha value is -1.35. The molecule has 0 atom stereocenters. The van der Waals surface area contributed by atoms with Gasteiger partial charge in [-0.3, -0.25) is 5.10 Å². The van der Waals surface area contributed by atoms with E-state index in [9.17, 15) is 4.39 Å². The van der Waals surface area contributed by atoms with Gasteiger partial charge >= 0.3 is 0 Å². The molecule has 2 nitrogen and oxygen atoms in total. The van der Waals surface area contributed by atoms with Crippen LogP contribution in [0.3, 0.4) is 0 Å². The highest BCUT2D eigenvalue weighted by Gasteiger charge is 2.08. The largest absolute Gasteiger partial charge is 0.276 e. The fourth-order valence-corrected chi connectivity index (χ4v) is 1.32. The second kappa shape index (κ2) is 3.18. The van der Waals surface area contributed by atoms with Gasteiger partial charge in [0, 0.05) is 5.56 Å². The van der Waals surface area contributed by atoms with Crippen LogP contribution < -0.4 is 0 Å². The summed E-state index contributed by atoms with van der Waals surface area (Å²) in [5.74, 6) is -0.311. The summed E-state index contributed by atoms with van der Waals surface area (Å²) in [5, 5.41) is 6.78. The van der Waals surface area contributed by atoms with Crippen LogP contribution in [0.2, 0.25) is 5.02 Å². The summed E-state index contributed by atoms with van der Waals surface area (Å²) >= 11 is 5.79. The van der Waals surface area contributed by atoms with E-state index in [0.717, 1.165) is 0 Å². The van der Waals surface area contributed by atoms with Crippen molar-refractivity contribution in [3.05, 3.63) is 41.3 Å². The maximum absolute atomic E-state index is 13.2. The quantitative estimate of drug-likeness (QED) is 0.747. The number of benzene rings is 1. The molecule has 0 saturated carbocycles. The number of hydrogen-bond acceptors (Lipinski definition) is 1. The predicted octanol–water partition coefficient (Wildman–Crippen LogP) is 2.87. The van der Waals surface area contributed by atoms with E-state index in [1.165, 1.54) is 12.3 Å². The Kier molecular flexibility index (Phi) is 2.02. The summed E-state index contributed by atoms with van der Waals surface area (Å²) in [4.78, 5) is 0. The number of nitrogens with one attached hydrogen (secondary N) is 1. The zero-order valence-electron chi connectivity index (χ0n) is 6.59. The highest BCUT2D eigenvalue weighted by Crippen LogP contribution is 2.26. The summed E-state index contributed by atoms with van der Waals surface area (Å²) in [7, 11) is 0. The molecule has 2 aromatic rings. The minimum atomic E-state index is -0.311. The van der Waals surface area contributed by atoms with E-state index >= 15 is 0 Å². The van der Waals surface area contributed by atoms with Crippen LogP contribution in [0.15, 0.2) is 30.5 Å². The lowest BCUT2D eigenvalue weighted by atomic mass is 10.1. The van der Waals surface area contributed by atoms with Gasteiger partial charge in [0.1, 0.15) is 5.82 Å². The van der Waals surface area contributed by atoms with Gasteiger partial charge in [0.05, 0.1) is 16.9 Å². The molecule has 13 heavy (non-hydrogen) atoms. The third kappa shape index (κ3) is 1.42.